The van der Waals surface area contributed by atoms with Gasteiger partial charge >= 0.3 is 28.0 Å². The van der Waals surface area contributed by atoms with Gasteiger partial charge in [0.15, 0.2) is 0 Å². The summed E-state index contributed by atoms with van der Waals surface area (Å²) in [6.07, 6.45) is 0. The van der Waals surface area contributed by atoms with Gasteiger partial charge in [0.1, 0.15) is 0 Å². The number of hydrogen-bond acceptors (Lipinski definition) is 3. The van der Waals surface area contributed by atoms with Gasteiger partial charge in [-0.1, -0.05) is 0 Å². The van der Waals surface area contributed by atoms with Gasteiger partial charge in [0.2, 0.25) is 0 Å². The molecule has 0 aromatic heterocycles. The van der Waals surface area contributed by atoms with Crippen LogP contribution in [0.1, 0.15) is 0 Å². The second-order valence-electron chi connectivity index (χ2n) is 0.224. The van der Waals surface area contributed by atoms with E-state index in [1.54, 1.807) is 0 Å². The van der Waals surface area contributed by atoms with Gasteiger partial charge in [-0.25, -0.2) is 0 Å². The fourth-order valence-corrected chi connectivity index (χ4v) is 0. The van der Waals surface area contributed by atoms with Crippen LogP contribution in [0.5, 0.6) is 0 Å². The van der Waals surface area contributed by atoms with Crippen LogP contribution >= 0.6 is 0 Å². The molecule has 0 aromatic rings. The fraction of sp³-hybridized carbons (Fsp3) is 0. The average molecular weight is 324 g/mol. The zero-order valence-electron chi connectivity index (χ0n) is 2.38. The molecule has 0 amide bonds. The molecule has 3 nitrogen and oxygen atoms in total. The van der Waals surface area contributed by atoms with E-state index < -0.39 is 15.7 Å². The summed E-state index contributed by atoms with van der Waals surface area (Å²) in [6.45, 7) is 0. The molecule has 0 aromatic carbocycles. The predicted molar refractivity (Wildman–Crippen MR) is 5.75 cm³/mol. The molecule has 0 bridgehead atoms. The Labute approximate surface area is 55.5 Å². The van der Waals surface area contributed by atoms with Crippen molar-refractivity contribution in [2.45, 2.75) is 0 Å². The molecule has 0 fully saturated rings. The van der Waals surface area contributed by atoms with Gasteiger partial charge in [-0.05, 0) is 0 Å². The first-order valence-electron chi connectivity index (χ1n) is 0.548. The molecule has 0 aliphatic heterocycles. The summed E-state index contributed by atoms with van der Waals surface area (Å²) in [6, 6.07) is 0. The Morgan fingerprint density at radius 3 is 1.00 bits per heavy atom. The third-order valence-corrected chi connectivity index (χ3v) is 0. The fourth-order valence-electron chi connectivity index (χ4n) is 0. The molecule has 0 N–H and O–H groups in total. The molecule has 5 heteroatoms. The quantitative estimate of drug-likeness (QED) is 0.427. The molecule has 0 heterocycles. The summed E-state index contributed by atoms with van der Waals surface area (Å²) in [5.74, 6) is 0. The Hall–Kier alpha value is 1.37. The van der Waals surface area contributed by atoms with Gasteiger partial charge < -0.3 is 0 Å². The van der Waals surface area contributed by atoms with Gasteiger partial charge in [-0.3, -0.25) is 0 Å². The minimum absolute atomic E-state index is 0. The zero-order valence-corrected chi connectivity index (χ0v) is 9.75. The molecule has 28 valence electrons. The standard InChI is InChI=1S/AsO3.Hg/c2-1(3)4;/q-3;. The second kappa shape index (κ2) is 5.37. The van der Waals surface area contributed by atoms with Crippen LogP contribution in [-0.2, 0) is 27.7 Å². The van der Waals surface area contributed by atoms with Crippen LogP contribution in [0.25, 0.3) is 0 Å². The van der Waals surface area contributed by atoms with Gasteiger partial charge in [-0.2, -0.15) is 0 Å². The van der Waals surface area contributed by atoms with Crippen molar-refractivity contribution < 1.29 is 40.0 Å². The summed E-state index contributed by atoms with van der Waals surface area (Å²) in [5, 5.41) is 0. The Kier molecular flexibility index (Phi) is 10.3. The van der Waals surface area contributed by atoms with Crippen molar-refractivity contribution in [3.05, 3.63) is 0 Å². The van der Waals surface area contributed by atoms with E-state index in [0.717, 1.165) is 0 Å². The summed E-state index contributed by atoms with van der Waals surface area (Å²) in [4.78, 5) is 0. The van der Waals surface area contributed by atoms with E-state index in [9.17, 15) is 0 Å². The van der Waals surface area contributed by atoms with Crippen LogP contribution < -0.4 is 12.3 Å². The topological polar surface area (TPSA) is 69.2 Å². The van der Waals surface area contributed by atoms with Crippen LogP contribution in [0.15, 0.2) is 0 Å². The maximum atomic E-state index is 8.56. The van der Waals surface area contributed by atoms with Gasteiger partial charge in [0.25, 0.3) is 0 Å². The second-order valence-corrected chi connectivity index (χ2v) is 1.16. The molecule has 0 rings (SSSR count). The maximum absolute atomic E-state index is 8.56. The SMILES string of the molecule is [Hg].[O-][As]([O-])[O-]. The Bertz CT molecular complexity index is 11.6. The molecule has 5 heavy (non-hydrogen) atoms. The van der Waals surface area contributed by atoms with Crippen molar-refractivity contribution in [3.63, 3.8) is 0 Å². The van der Waals surface area contributed by atoms with E-state index in [-0.39, 0.29) is 27.7 Å². The minimum atomic E-state index is -3.94. The van der Waals surface area contributed by atoms with Crippen molar-refractivity contribution in [1.82, 2.24) is 0 Å². The van der Waals surface area contributed by atoms with Crippen molar-refractivity contribution in [1.29, 1.82) is 0 Å². The normalized spacial score (nSPS) is 7.20. The molecule has 0 aliphatic rings. The molecular weight excluding hydrogens is 324 g/mol. The molecular formula is AsHgO3-3. The summed E-state index contributed by atoms with van der Waals surface area (Å²) >= 11 is -3.94. The molecule has 0 aliphatic carbocycles. The van der Waals surface area contributed by atoms with Crippen molar-refractivity contribution in [3.8, 4) is 0 Å². The molecule has 0 spiro atoms. The zero-order chi connectivity index (χ0) is 3.58. The predicted octanol–water partition coefficient (Wildman–Crippen LogP) is -3.95. The van der Waals surface area contributed by atoms with E-state index in [2.05, 4.69) is 0 Å². The molecule has 0 radical (unpaired) electrons. The van der Waals surface area contributed by atoms with Gasteiger partial charge in [0.05, 0.1) is 0 Å². The average Bonchev–Trinajstić information content (AvgIpc) is 0.811. The van der Waals surface area contributed by atoms with Crippen molar-refractivity contribution >= 4 is 15.7 Å². The Morgan fingerprint density at radius 1 is 1.00 bits per heavy atom. The number of hydrogen-bond donors (Lipinski definition) is 0. The number of rotatable bonds is 0. The van der Waals surface area contributed by atoms with Crippen LogP contribution in [0.2, 0.25) is 0 Å². The Morgan fingerprint density at radius 2 is 1.00 bits per heavy atom. The summed E-state index contributed by atoms with van der Waals surface area (Å²) in [7, 11) is 0. The summed E-state index contributed by atoms with van der Waals surface area (Å²) in [5.41, 5.74) is 0. The van der Waals surface area contributed by atoms with E-state index >= 15 is 0 Å². The van der Waals surface area contributed by atoms with Crippen LogP contribution in [0, 0.1) is 0 Å². The molecule has 0 saturated carbocycles. The molecule has 0 saturated heterocycles. The van der Waals surface area contributed by atoms with Crippen molar-refractivity contribution in [2.24, 2.45) is 0 Å². The first-order valence-corrected chi connectivity index (χ1v) is 2.85. The van der Waals surface area contributed by atoms with E-state index in [0.29, 0.717) is 0 Å². The third kappa shape index (κ3) is 32.4. The van der Waals surface area contributed by atoms with Crippen LogP contribution in [0.4, 0.5) is 0 Å². The summed E-state index contributed by atoms with van der Waals surface area (Å²) < 4.78 is 25.7. The first-order chi connectivity index (χ1) is 1.73. The van der Waals surface area contributed by atoms with Gasteiger partial charge in [0, 0.05) is 27.7 Å². The monoisotopic (exact) mass is 325 g/mol. The van der Waals surface area contributed by atoms with Crippen LogP contribution in [0.3, 0.4) is 0 Å². The van der Waals surface area contributed by atoms with E-state index in [4.69, 9.17) is 12.3 Å². The third-order valence-electron chi connectivity index (χ3n) is 0. The Balaban J connectivity index is 0. The van der Waals surface area contributed by atoms with E-state index in [1.807, 2.05) is 0 Å². The van der Waals surface area contributed by atoms with E-state index in [1.165, 1.54) is 0 Å². The van der Waals surface area contributed by atoms with Crippen LogP contribution in [-0.4, -0.2) is 15.7 Å². The van der Waals surface area contributed by atoms with Crippen molar-refractivity contribution in [2.75, 3.05) is 0 Å². The van der Waals surface area contributed by atoms with Gasteiger partial charge in [-0.15, -0.1) is 0 Å². The molecule has 0 atom stereocenters. The molecule has 0 unspecified atom stereocenters. The first kappa shape index (κ1) is 9.62.